The molecule has 17 heavy (non-hydrogen) atoms. The summed E-state index contributed by atoms with van der Waals surface area (Å²) in [5.74, 6) is 0.0851. The first-order chi connectivity index (χ1) is 8.20. The van der Waals surface area contributed by atoms with Gasteiger partial charge in [0.05, 0.1) is 6.07 Å². The summed E-state index contributed by atoms with van der Waals surface area (Å²) >= 11 is 0. The molecule has 0 aromatic heterocycles. The molecule has 0 fully saturated rings. The number of rotatable bonds is 2. The average molecular weight is 226 g/mol. The van der Waals surface area contributed by atoms with Crippen LogP contribution in [-0.4, -0.2) is 18.9 Å². The number of ketones is 1. The smallest absolute Gasteiger partial charge is 0.159 e. The Balaban J connectivity index is 2.12. The maximum absolute atomic E-state index is 11.2. The number of Topliss-reactive ketones (excluding diaryl/α,β-unsaturated/α-hetero) is 1. The van der Waals surface area contributed by atoms with Gasteiger partial charge in [-0.3, -0.25) is 4.79 Å². The topological polar surface area (TPSA) is 44.1 Å². The Bertz CT molecular complexity index is 494. The minimum Gasteiger partial charge on any atom is -0.367 e. The number of hydrogen-bond acceptors (Lipinski definition) is 3. The van der Waals surface area contributed by atoms with Gasteiger partial charge in [-0.2, -0.15) is 5.26 Å². The molecule has 0 N–H and O–H groups in total. The second-order valence-corrected chi connectivity index (χ2v) is 4.14. The minimum absolute atomic E-state index is 0.0851. The molecule has 1 aliphatic heterocycles. The molecule has 1 aromatic rings. The van der Waals surface area contributed by atoms with Gasteiger partial charge >= 0.3 is 0 Å². The van der Waals surface area contributed by atoms with E-state index in [1.807, 2.05) is 30.3 Å². The lowest BCUT2D eigenvalue weighted by Crippen LogP contribution is -2.28. The van der Waals surface area contributed by atoms with Crippen molar-refractivity contribution in [2.24, 2.45) is 0 Å². The van der Waals surface area contributed by atoms with Crippen molar-refractivity contribution in [3.05, 3.63) is 41.5 Å². The van der Waals surface area contributed by atoms with Crippen LogP contribution in [0.1, 0.15) is 23.7 Å². The van der Waals surface area contributed by atoms with Crippen molar-refractivity contribution in [1.82, 2.24) is 0 Å². The van der Waals surface area contributed by atoms with Crippen LogP contribution in [-0.2, 0) is 0 Å². The van der Waals surface area contributed by atoms with Gasteiger partial charge in [0.25, 0.3) is 0 Å². The molecular weight excluding hydrogens is 212 g/mol. The van der Waals surface area contributed by atoms with E-state index in [-0.39, 0.29) is 5.78 Å². The van der Waals surface area contributed by atoms with Gasteiger partial charge < -0.3 is 4.90 Å². The van der Waals surface area contributed by atoms with Crippen LogP contribution in [0.25, 0.3) is 0 Å². The molecular formula is C14H14N2O. The highest BCUT2D eigenvalue weighted by atomic mass is 16.1. The molecule has 1 aliphatic rings. The number of nitrogens with zero attached hydrogens (tertiary/aromatic N) is 2. The summed E-state index contributed by atoms with van der Waals surface area (Å²) in [4.78, 5) is 13.4. The molecule has 2 rings (SSSR count). The number of carbonyl (C=O) groups is 1. The zero-order valence-corrected chi connectivity index (χ0v) is 9.81. The molecule has 0 aliphatic carbocycles. The predicted molar refractivity (Wildman–Crippen MR) is 67.0 cm³/mol. The maximum Gasteiger partial charge on any atom is 0.159 e. The summed E-state index contributed by atoms with van der Waals surface area (Å²) in [6.07, 6.45) is 2.76. The lowest BCUT2D eigenvalue weighted by atomic mass is 10.1. The van der Waals surface area contributed by atoms with Crippen molar-refractivity contribution in [3.8, 4) is 6.07 Å². The molecule has 3 heteroatoms. The zero-order valence-electron chi connectivity index (χ0n) is 9.81. The van der Waals surface area contributed by atoms with Gasteiger partial charge in [0, 0.05) is 29.9 Å². The lowest BCUT2D eigenvalue weighted by Gasteiger charge is -2.26. The van der Waals surface area contributed by atoms with Crippen molar-refractivity contribution in [3.63, 3.8) is 0 Å². The standard InChI is InChI=1S/C14H14N2O/c1-11(17)13-2-4-14(5-3-13)16-8-6-12(10-15)7-9-16/h2-6H,7-9H2,1H3. The Labute approximate surface area is 101 Å². The molecule has 1 aromatic carbocycles. The van der Waals surface area contributed by atoms with Crippen LogP contribution in [0.4, 0.5) is 5.69 Å². The van der Waals surface area contributed by atoms with E-state index in [0.29, 0.717) is 0 Å². The third-order valence-corrected chi connectivity index (χ3v) is 2.99. The molecule has 0 atom stereocenters. The molecule has 86 valence electrons. The summed E-state index contributed by atoms with van der Waals surface area (Å²) in [5.41, 5.74) is 2.70. The second kappa shape index (κ2) is 4.84. The van der Waals surface area contributed by atoms with Crippen molar-refractivity contribution < 1.29 is 4.79 Å². The van der Waals surface area contributed by atoms with Crippen molar-refractivity contribution in [2.45, 2.75) is 13.3 Å². The number of carbonyl (C=O) groups excluding carboxylic acids is 1. The van der Waals surface area contributed by atoms with Gasteiger partial charge in [-0.25, -0.2) is 0 Å². The van der Waals surface area contributed by atoms with Gasteiger partial charge in [0.2, 0.25) is 0 Å². The Hall–Kier alpha value is -2.08. The summed E-state index contributed by atoms with van der Waals surface area (Å²) in [5, 5.41) is 8.77. The van der Waals surface area contributed by atoms with E-state index in [9.17, 15) is 4.79 Å². The van der Waals surface area contributed by atoms with E-state index >= 15 is 0 Å². The minimum atomic E-state index is 0.0851. The molecule has 0 unspecified atom stereocenters. The molecule has 1 heterocycles. The Morgan fingerprint density at radius 1 is 1.35 bits per heavy atom. The van der Waals surface area contributed by atoms with Gasteiger partial charge in [-0.15, -0.1) is 0 Å². The van der Waals surface area contributed by atoms with Crippen LogP contribution >= 0.6 is 0 Å². The number of hydrogen-bond donors (Lipinski definition) is 0. The number of benzene rings is 1. The highest BCUT2D eigenvalue weighted by Crippen LogP contribution is 2.20. The molecule has 0 bridgehead atoms. The summed E-state index contributed by atoms with van der Waals surface area (Å²) in [6, 6.07) is 9.81. The number of anilines is 1. The van der Waals surface area contributed by atoms with Crippen LogP contribution < -0.4 is 4.90 Å². The van der Waals surface area contributed by atoms with Crippen molar-refractivity contribution in [1.29, 1.82) is 5.26 Å². The molecule has 0 amide bonds. The van der Waals surface area contributed by atoms with Crippen LogP contribution in [0.2, 0.25) is 0 Å². The Morgan fingerprint density at radius 2 is 2.06 bits per heavy atom. The molecule has 0 spiro atoms. The first-order valence-electron chi connectivity index (χ1n) is 5.66. The van der Waals surface area contributed by atoms with Crippen LogP contribution in [0.3, 0.4) is 0 Å². The normalized spacial score (nSPS) is 15.1. The molecule has 0 saturated heterocycles. The van der Waals surface area contributed by atoms with Gasteiger partial charge in [-0.1, -0.05) is 6.08 Å². The average Bonchev–Trinajstić information content (AvgIpc) is 2.39. The predicted octanol–water partition coefficient (Wildman–Crippen LogP) is 2.55. The first kappa shape index (κ1) is 11.4. The van der Waals surface area contributed by atoms with Crippen LogP contribution in [0.5, 0.6) is 0 Å². The van der Waals surface area contributed by atoms with E-state index in [1.165, 1.54) is 0 Å². The van der Waals surface area contributed by atoms with E-state index < -0.39 is 0 Å². The third kappa shape index (κ3) is 2.54. The largest absolute Gasteiger partial charge is 0.367 e. The highest BCUT2D eigenvalue weighted by molar-refractivity contribution is 5.94. The van der Waals surface area contributed by atoms with Crippen molar-refractivity contribution in [2.75, 3.05) is 18.0 Å². The molecule has 0 radical (unpaired) electrons. The number of nitriles is 1. The molecule has 3 nitrogen and oxygen atoms in total. The lowest BCUT2D eigenvalue weighted by molar-refractivity contribution is 0.101. The Kier molecular flexibility index (Phi) is 3.24. The summed E-state index contributed by atoms with van der Waals surface area (Å²) < 4.78 is 0. The third-order valence-electron chi connectivity index (χ3n) is 2.99. The Morgan fingerprint density at radius 3 is 2.53 bits per heavy atom. The quantitative estimate of drug-likeness (QED) is 0.728. The van der Waals surface area contributed by atoms with Gasteiger partial charge in [0.15, 0.2) is 5.78 Å². The highest BCUT2D eigenvalue weighted by Gasteiger charge is 2.11. The first-order valence-corrected chi connectivity index (χ1v) is 5.66. The molecule has 0 saturated carbocycles. The zero-order chi connectivity index (χ0) is 12.3. The van der Waals surface area contributed by atoms with E-state index in [0.717, 1.165) is 36.3 Å². The SMILES string of the molecule is CC(=O)c1ccc(N2CC=C(C#N)CC2)cc1. The van der Waals surface area contributed by atoms with Crippen LogP contribution in [0.15, 0.2) is 35.9 Å². The van der Waals surface area contributed by atoms with Crippen LogP contribution in [0, 0.1) is 11.3 Å². The second-order valence-electron chi connectivity index (χ2n) is 4.14. The van der Waals surface area contributed by atoms with E-state index in [4.69, 9.17) is 5.26 Å². The maximum atomic E-state index is 11.2. The fourth-order valence-electron chi connectivity index (χ4n) is 1.91. The summed E-state index contributed by atoms with van der Waals surface area (Å²) in [7, 11) is 0. The van der Waals surface area contributed by atoms with E-state index in [2.05, 4.69) is 11.0 Å². The monoisotopic (exact) mass is 226 g/mol. The van der Waals surface area contributed by atoms with Gasteiger partial charge in [-0.05, 0) is 37.6 Å². The fraction of sp³-hybridized carbons (Fsp3) is 0.286. The van der Waals surface area contributed by atoms with Gasteiger partial charge in [0.1, 0.15) is 0 Å². The summed E-state index contributed by atoms with van der Waals surface area (Å²) in [6.45, 7) is 3.19. The van der Waals surface area contributed by atoms with E-state index in [1.54, 1.807) is 6.92 Å². The fourth-order valence-corrected chi connectivity index (χ4v) is 1.91. The van der Waals surface area contributed by atoms with Crippen molar-refractivity contribution >= 4 is 11.5 Å².